The second-order valence-electron chi connectivity index (χ2n) is 2.74. The third-order valence-corrected chi connectivity index (χ3v) is 2.43. The Morgan fingerprint density at radius 2 is 1.87 bits per heavy atom. The third kappa shape index (κ3) is 2.55. The Morgan fingerprint density at radius 1 is 1.27 bits per heavy atom. The normalized spacial score (nSPS) is 9.87. The molecule has 0 saturated heterocycles. The van der Waals surface area contributed by atoms with Gasteiger partial charge in [-0.3, -0.25) is 4.79 Å². The molecule has 0 unspecified atom stereocenters. The summed E-state index contributed by atoms with van der Waals surface area (Å²) in [5.74, 6) is 0.513. The van der Waals surface area contributed by atoms with Crippen LogP contribution in [0.3, 0.4) is 0 Å². The number of hydrogen-bond donors (Lipinski definition) is 0. The zero-order valence-corrected chi connectivity index (χ0v) is 9.85. The van der Waals surface area contributed by atoms with E-state index in [1.54, 1.807) is 6.07 Å². The van der Waals surface area contributed by atoms with Crippen LogP contribution in [0.2, 0.25) is 5.02 Å². The van der Waals surface area contributed by atoms with Gasteiger partial charge in [0.1, 0.15) is 11.5 Å². The number of benzene rings is 1. The van der Waals surface area contributed by atoms with Crippen LogP contribution in [0, 0.1) is 0 Å². The number of halogens is 2. The van der Waals surface area contributed by atoms with E-state index < -0.39 is 0 Å². The Balaban J connectivity index is 3.27. The van der Waals surface area contributed by atoms with Crippen molar-refractivity contribution in [1.82, 2.24) is 0 Å². The van der Waals surface area contributed by atoms with E-state index in [2.05, 4.69) is 0 Å². The van der Waals surface area contributed by atoms with Gasteiger partial charge in [-0.25, -0.2) is 0 Å². The summed E-state index contributed by atoms with van der Waals surface area (Å²) in [6.45, 7) is 0. The summed E-state index contributed by atoms with van der Waals surface area (Å²) >= 11 is 11.3. The molecule has 0 fully saturated rings. The number of Topliss-reactive ketones (excluding diaryl/α,β-unsaturated/α-hetero) is 1. The standard InChI is InChI=1S/C10H10Cl2O3/c1-14-9-4-10(15-2)7(12)3-6(9)8(13)5-11/h3-4H,5H2,1-2H3. The molecule has 0 radical (unpaired) electrons. The van der Waals surface area contributed by atoms with Gasteiger partial charge < -0.3 is 9.47 Å². The highest BCUT2D eigenvalue weighted by Gasteiger charge is 2.15. The second kappa shape index (κ2) is 5.24. The molecule has 0 N–H and O–H groups in total. The number of methoxy groups -OCH3 is 2. The Morgan fingerprint density at radius 3 is 2.33 bits per heavy atom. The molecule has 15 heavy (non-hydrogen) atoms. The van der Waals surface area contributed by atoms with Crippen LogP contribution in [0.5, 0.6) is 11.5 Å². The lowest BCUT2D eigenvalue weighted by molar-refractivity contribution is 0.101. The fourth-order valence-corrected chi connectivity index (χ4v) is 1.53. The first-order valence-electron chi connectivity index (χ1n) is 4.14. The molecular formula is C10H10Cl2O3. The number of hydrogen-bond acceptors (Lipinski definition) is 3. The van der Waals surface area contributed by atoms with Crippen LogP contribution in [0.4, 0.5) is 0 Å². The van der Waals surface area contributed by atoms with E-state index in [9.17, 15) is 4.79 Å². The van der Waals surface area contributed by atoms with Crippen LogP contribution in [0.15, 0.2) is 12.1 Å². The van der Waals surface area contributed by atoms with Gasteiger partial charge >= 0.3 is 0 Å². The summed E-state index contributed by atoms with van der Waals surface area (Å²) < 4.78 is 10.0. The molecule has 0 amide bonds. The fourth-order valence-electron chi connectivity index (χ4n) is 1.15. The maximum Gasteiger partial charge on any atom is 0.181 e. The van der Waals surface area contributed by atoms with Gasteiger partial charge in [0, 0.05) is 6.07 Å². The average molecular weight is 249 g/mol. The minimum absolute atomic E-state index is 0.112. The molecule has 1 aromatic rings. The molecule has 0 heterocycles. The zero-order chi connectivity index (χ0) is 11.4. The Bertz CT molecular complexity index is 377. The van der Waals surface area contributed by atoms with E-state index in [0.29, 0.717) is 22.1 Å². The van der Waals surface area contributed by atoms with Gasteiger partial charge in [-0.2, -0.15) is 0 Å². The van der Waals surface area contributed by atoms with Crippen molar-refractivity contribution in [3.05, 3.63) is 22.7 Å². The number of carbonyl (C=O) groups is 1. The molecule has 0 spiro atoms. The molecule has 3 nitrogen and oxygen atoms in total. The van der Waals surface area contributed by atoms with Crippen molar-refractivity contribution in [3.8, 4) is 11.5 Å². The van der Waals surface area contributed by atoms with Crippen molar-refractivity contribution in [2.45, 2.75) is 0 Å². The Hall–Kier alpha value is -0.930. The number of ketones is 1. The summed E-state index contributed by atoms with van der Waals surface area (Å²) in [6, 6.07) is 3.05. The van der Waals surface area contributed by atoms with Crippen molar-refractivity contribution in [1.29, 1.82) is 0 Å². The highest BCUT2D eigenvalue weighted by molar-refractivity contribution is 6.34. The quantitative estimate of drug-likeness (QED) is 0.608. The van der Waals surface area contributed by atoms with E-state index in [1.807, 2.05) is 0 Å². The van der Waals surface area contributed by atoms with E-state index in [0.717, 1.165) is 0 Å². The lowest BCUT2D eigenvalue weighted by Crippen LogP contribution is -2.04. The predicted molar refractivity (Wildman–Crippen MR) is 59.6 cm³/mol. The molecular weight excluding hydrogens is 239 g/mol. The summed E-state index contributed by atoms with van der Waals surface area (Å²) in [4.78, 5) is 11.4. The van der Waals surface area contributed by atoms with E-state index in [-0.39, 0.29) is 11.7 Å². The number of alkyl halides is 1. The third-order valence-electron chi connectivity index (χ3n) is 1.90. The molecule has 0 atom stereocenters. The van der Waals surface area contributed by atoms with Crippen LogP contribution in [0.1, 0.15) is 10.4 Å². The average Bonchev–Trinajstić information content (AvgIpc) is 2.27. The molecule has 1 rings (SSSR count). The van der Waals surface area contributed by atoms with Crippen molar-refractivity contribution in [3.63, 3.8) is 0 Å². The first kappa shape index (κ1) is 12.1. The van der Waals surface area contributed by atoms with Gasteiger partial charge in [0.05, 0.1) is 30.7 Å². The van der Waals surface area contributed by atoms with E-state index in [1.165, 1.54) is 20.3 Å². The fraction of sp³-hybridized carbons (Fsp3) is 0.300. The molecule has 5 heteroatoms. The summed E-state index contributed by atoms with van der Waals surface area (Å²) in [6.07, 6.45) is 0. The maximum absolute atomic E-state index is 11.4. The number of rotatable bonds is 4. The van der Waals surface area contributed by atoms with Crippen molar-refractivity contribution in [2.75, 3.05) is 20.1 Å². The second-order valence-corrected chi connectivity index (χ2v) is 3.42. The van der Waals surface area contributed by atoms with Gasteiger partial charge in [0.2, 0.25) is 0 Å². The zero-order valence-electron chi connectivity index (χ0n) is 8.34. The van der Waals surface area contributed by atoms with Gasteiger partial charge in [-0.1, -0.05) is 11.6 Å². The van der Waals surface area contributed by atoms with Crippen LogP contribution in [-0.2, 0) is 0 Å². The van der Waals surface area contributed by atoms with Gasteiger partial charge in [-0.05, 0) is 6.07 Å². The molecule has 1 aromatic carbocycles. The Labute approximate surface area is 97.9 Å². The highest BCUT2D eigenvalue weighted by atomic mass is 35.5. The predicted octanol–water partition coefficient (Wildman–Crippen LogP) is 2.78. The highest BCUT2D eigenvalue weighted by Crippen LogP contribution is 2.32. The van der Waals surface area contributed by atoms with Crippen LogP contribution < -0.4 is 9.47 Å². The van der Waals surface area contributed by atoms with Crippen molar-refractivity contribution < 1.29 is 14.3 Å². The lowest BCUT2D eigenvalue weighted by Gasteiger charge is -2.10. The number of ether oxygens (including phenoxy) is 2. The molecule has 0 bridgehead atoms. The first-order chi connectivity index (χ1) is 7.13. The van der Waals surface area contributed by atoms with Crippen molar-refractivity contribution >= 4 is 29.0 Å². The molecule has 0 aliphatic heterocycles. The number of carbonyl (C=O) groups excluding carboxylic acids is 1. The SMILES string of the molecule is COc1cc(OC)c(C(=O)CCl)cc1Cl. The minimum atomic E-state index is -0.238. The maximum atomic E-state index is 11.4. The van der Waals surface area contributed by atoms with Crippen LogP contribution in [0.25, 0.3) is 0 Å². The lowest BCUT2D eigenvalue weighted by atomic mass is 10.1. The Kier molecular flexibility index (Phi) is 4.24. The van der Waals surface area contributed by atoms with Crippen LogP contribution >= 0.6 is 23.2 Å². The monoisotopic (exact) mass is 248 g/mol. The smallest absolute Gasteiger partial charge is 0.181 e. The largest absolute Gasteiger partial charge is 0.496 e. The first-order valence-corrected chi connectivity index (χ1v) is 5.06. The van der Waals surface area contributed by atoms with E-state index in [4.69, 9.17) is 32.7 Å². The summed E-state index contributed by atoms with van der Waals surface area (Å²) in [5, 5.41) is 0.353. The van der Waals surface area contributed by atoms with Gasteiger partial charge in [0.15, 0.2) is 5.78 Å². The van der Waals surface area contributed by atoms with E-state index >= 15 is 0 Å². The molecule has 0 aliphatic carbocycles. The van der Waals surface area contributed by atoms with Crippen LogP contribution in [-0.4, -0.2) is 25.9 Å². The minimum Gasteiger partial charge on any atom is -0.496 e. The summed E-state index contributed by atoms with van der Waals surface area (Å²) in [7, 11) is 2.96. The molecule has 0 aliphatic rings. The topological polar surface area (TPSA) is 35.5 Å². The molecule has 0 saturated carbocycles. The van der Waals surface area contributed by atoms with Gasteiger partial charge in [0.25, 0.3) is 0 Å². The van der Waals surface area contributed by atoms with Gasteiger partial charge in [-0.15, -0.1) is 11.6 Å². The molecule has 82 valence electrons. The van der Waals surface area contributed by atoms with Crippen molar-refractivity contribution in [2.24, 2.45) is 0 Å². The summed E-state index contributed by atoms with van der Waals surface area (Å²) in [5.41, 5.74) is 0.360. The molecule has 0 aromatic heterocycles.